The van der Waals surface area contributed by atoms with Gasteiger partial charge in [-0.1, -0.05) is 86.3 Å². The topological polar surface area (TPSA) is 18.1 Å². The average Bonchev–Trinajstić information content (AvgIpc) is 3.48. The molecule has 204 valence electrons. The van der Waals surface area contributed by atoms with Crippen LogP contribution in [-0.4, -0.2) is 4.57 Å². The van der Waals surface area contributed by atoms with Gasteiger partial charge in [-0.2, -0.15) is 0 Å². The highest BCUT2D eigenvalue weighted by molar-refractivity contribution is 6.03. The highest BCUT2D eigenvalue weighted by Gasteiger charge is 2.20. The van der Waals surface area contributed by atoms with Crippen LogP contribution in [0.3, 0.4) is 0 Å². The number of aryl methyl sites for hydroxylation is 2. The molecule has 6 rings (SSSR count). The second-order valence-electron chi connectivity index (χ2n) is 10.9. The van der Waals surface area contributed by atoms with Gasteiger partial charge >= 0.3 is 0 Å². The molecule has 5 aromatic rings. The molecule has 0 saturated carbocycles. The van der Waals surface area contributed by atoms with Crippen LogP contribution in [0.2, 0.25) is 0 Å². The molecule has 0 N–H and O–H groups in total. The molecule has 2 nitrogen and oxygen atoms in total. The van der Waals surface area contributed by atoms with E-state index in [2.05, 4.69) is 123 Å². The van der Waals surface area contributed by atoms with Gasteiger partial charge in [0.1, 0.15) is 11.3 Å². The van der Waals surface area contributed by atoms with E-state index in [0.717, 1.165) is 52.7 Å². The lowest BCUT2D eigenvalue weighted by Gasteiger charge is -2.15. The van der Waals surface area contributed by atoms with E-state index in [1.807, 2.05) is 19.1 Å². The van der Waals surface area contributed by atoms with Crippen molar-refractivity contribution >= 4 is 38.7 Å². The number of aromatic nitrogens is 1. The minimum absolute atomic E-state index is 0.895. The van der Waals surface area contributed by atoms with Crippen molar-refractivity contribution in [1.29, 1.82) is 0 Å². The molecule has 0 amide bonds. The molecule has 0 saturated heterocycles. The predicted molar refractivity (Wildman–Crippen MR) is 177 cm³/mol. The van der Waals surface area contributed by atoms with Crippen LogP contribution in [0.1, 0.15) is 54.3 Å². The van der Waals surface area contributed by atoms with E-state index in [-0.39, 0.29) is 0 Å². The zero-order valence-electron chi connectivity index (χ0n) is 24.5. The Hall–Kier alpha value is -4.56. The van der Waals surface area contributed by atoms with E-state index >= 15 is 0 Å². The molecule has 0 atom stereocenters. The minimum atomic E-state index is 0.895. The fourth-order valence-electron chi connectivity index (χ4n) is 6.24. The van der Waals surface area contributed by atoms with Crippen LogP contribution in [0.15, 0.2) is 114 Å². The Morgan fingerprint density at radius 1 is 0.976 bits per heavy atom. The summed E-state index contributed by atoms with van der Waals surface area (Å²) < 4.78 is 8.54. The number of allylic oxidation sites excluding steroid dienone is 9. The number of hydrogen-bond acceptors (Lipinski definition) is 1. The molecule has 0 radical (unpaired) electrons. The number of furan rings is 1. The molecular formula is C39H37NO. The molecule has 2 aromatic heterocycles. The maximum absolute atomic E-state index is 6.07. The van der Waals surface area contributed by atoms with Crippen LogP contribution in [0.4, 0.5) is 0 Å². The van der Waals surface area contributed by atoms with Gasteiger partial charge in [-0.05, 0) is 98.2 Å². The summed E-state index contributed by atoms with van der Waals surface area (Å²) >= 11 is 0. The van der Waals surface area contributed by atoms with Crippen LogP contribution < -0.4 is 0 Å². The summed E-state index contributed by atoms with van der Waals surface area (Å²) in [6, 6.07) is 23.9. The Balaban J connectivity index is 1.56. The quantitative estimate of drug-likeness (QED) is 0.190. The van der Waals surface area contributed by atoms with Gasteiger partial charge in [-0.3, -0.25) is 0 Å². The van der Waals surface area contributed by atoms with Crippen LogP contribution in [0, 0.1) is 20.8 Å². The monoisotopic (exact) mass is 535 g/mol. The largest absolute Gasteiger partial charge is 0.461 e. The molecular weight excluding hydrogens is 498 g/mol. The Morgan fingerprint density at radius 3 is 2.56 bits per heavy atom. The second-order valence-corrected chi connectivity index (χ2v) is 10.9. The maximum Gasteiger partial charge on any atom is 0.134 e. The van der Waals surface area contributed by atoms with Crippen molar-refractivity contribution in [2.45, 2.75) is 47.0 Å². The van der Waals surface area contributed by atoms with E-state index in [4.69, 9.17) is 4.42 Å². The summed E-state index contributed by atoms with van der Waals surface area (Å²) in [6.07, 6.45) is 16.4. The lowest BCUT2D eigenvalue weighted by molar-refractivity contribution is 0.577. The summed E-state index contributed by atoms with van der Waals surface area (Å²) in [7, 11) is 0. The SMILES string of the molecule is C=C(/C=C(\C=C/CC)c1ccc2c(c1)c(-c1ccccc1C)c(C)n2C1=CC=CCC1)c1c(C)oc2ccccc12. The van der Waals surface area contributed by atoms with Crippen molar-refractivity contribution in [3.05, 3.63) is 138 Å². The molecule has 0 fully saturated rings. The zero-order chi connectivity index (χ0) is 28.5. The number of para-hydroxylation sites is 1. The number of nitrogens with zero attached hydrogens (tertiary/aromatic N) is 1. The molecule has 2 heteroatoms. The summed E-state index contributed by atoms with van der Waals surface area (Å²) in [4.78, 5) is 0. The van der Waals surface area contributed by atoms with Crippen molar-refractivity contribution in [2.24, 2.45) is 0 Å². The van der Waals surface area contributed by atoms with Crippen LogP contribution >= 0.6 is 0 Å². The van der Waals surface area contributed by atoms with E-state index in [9.17, 15) is 0 Å². The number of benzene rings is 3. The molecule has 2 heterocycles. The first-order valence-corrected chi connectivity index (χ1v) is 14.6. The Morgan fingerprint density at radius 2 is 1.78 bits per heavy atom. The first-order chi connectivity index (χ1) is 20.0. The molecule has 3 aromatic carbocycles. The Labute approximate surface area is 243 Å². The van der Waals surface area contributed by atoms with Gasteiger partial charge in [0.25, 0.3) is 0 Å². The standard InChI is InChI=1S/C39H37NO/c1-6-7-16-30(24-27(3)38-29(5)41-37-21-14-13-20-34(37)38)31-22-23-36-35(25-31)39(33-19-12-11-15-26(33)2)28(4)40(36)32-17-9-8-10-18-32/h7-9,11-17,19-25H,3,6,10,18H2,1-2,4-5H3/b16-7-,30-24+. The van der Waals surface area contributed by atoms with E-state index in [1.54, 1.807) is 0 Å². The first-order valence-electron chi connectivity index (χ1n) is 14.6. The molecule has 0 aliphatic heterocycles. The van der Waals surface area contributed by atoms with Gasteiger partial charge in [-0.15, -0.1) is 0 Å². The first kappa shape index (κ1) is 26.7. The zero-order valence-corrected chi connectivity index (χ0v) is 24.5. The van der Waals surface area contributed by atoms with Gasteiger partial charge in [0, 0.05) is 33.3 Å². The summed E-state index contributed by atoms with van der Waals surface area (Å²) in [5.41, 5.74) is 13.0. The number of fused-ring (bicyclic) bond motifs is 2. The lowest BCUT2D eigenvalue weighted by Crippen LogP contribution is -2.01. The van der Waals surface area contributed by atoms with Crippen LogP contribution in [-0.2, 0) is 0 Å². The van der Waals surface area contributed by atoms with E-state index in [0.29, 0.717) is 0 Å². The highest BCUT2D eigenvalue weighted by Crippen LogP contribution is 2.41. The number of hydrogen-bond donors (Lipinski definition) is 0. The Bertz CT molecular complexity index is 1910. The van der Waals surface area contributed by atoms with Gasteiger partial charge in [0.05, 0.1) is 5.52 Å². The van der Waals surface area contributed by atoms with Crippen LogP contribution in [0.5, 0.6) is 0 Å². The second kappa shape index (κ2) is 11.1. The smallest absolute Gasteiger partial charge is 0.134 e. The third-order valence-corrected chi connectivity index (χ3v) is 8.19. The van der Waals surface area contributed by atoms with Crippen molar-refractivity contribution in [2.75, 3.05) is 0 Å². The fourth-order valence-corrected chi connectivity index (χ4v) is 6.24. The summed E-state index contributed by atoms with van der Waals surface area (Å²) in [5, 5.41) is 2.38. The maximum atomic E-state index is 6.07. The van der Waals surface area contributed by atoms with Crippen molar-refractivity contribution in [1.82, 2.24) is 4.57 Å². The van der Waals surface area contributed by atoms with E-state index < -0.39 is 0 Å². The normalized spacial score (nSPS) is 14.0. The molecule has 0 spiro atoms. The minimum Gasteiger partial charge on any atom is -0.461 e. The van der Waals surface area contributed by atoms with Gasteiger partial charge in [0.15, 0.2) is 0 Å². The molecule has 41 heavy (non-hydrogen) atoms. The summed E-state index contributed by atoms with van der Waals surface area (Å²) in [6.45, 7) is 13.2. The molecule has 1 aliphatic carbocycles. The average molecular weight is 536 g/mol. The van der Waals surface area contributed by atoms with Gasteiger partial charge in [0.2, 0.25) is 0 Å². The summed E-state index contributed by atoms with van der Waals surface area (Å²) in [5.74, 6) is 0.895. The molecule has 1 aliphatic rings. The predicted octanol–water partition coefficient (Wildman–Crippen LogP) is 11.2. The van der Waals surface area contributed by atoms with Gasteiger partial charge in [-0.25, -0.2) is 0 Å². The molecule has 0 bridgehead atoms. The van der Waals surface area contributed by atoms with Crippen LogP contribution in [0.25, 0.3) is 49.8 Å². The van der Waals surface area contributed by atoms with Crippen molar-refractivity contribution in [3.63, 3.8) is 0 Å². The fraction of sp³-hybridized carbons (Fsp3) is 0.179. The van der Waals surface area contributed by atoms with Gasteiger partial charge < -0.3 is 8.98 Å². The molecule has 0 unspecified atom stereocenters. The third-order valence-electron chi connectivity index (χ3n) is 8.19. The van der Waals surface area contributed by atoms with E-state index in [1.165, 1.54) is 44.5 Å². The van der Waals surface area contributed by atoms with Crippen molar-refractivity contribution in [3.8, 4) is 11.1 Å². The highest BCUT2D eigenvalue weighted by atomic mass is 16.3. The lowest BCUT2D eigenvalue weighted by atomic mass is 9.94. The Kier molecular flexibility index (Phi) is 7.24. The third kappa shape index (κ3) is 4.85. The number of rotatable bonds is 7. The van der Waals surface area contributed by atoms with Crippen molar-refractivity contribution < 1.29 is 4.42 Å².